The van der Waals surface area contributed by atoms with Gasteiger partial charge in [0.05, 0.1) is 24.1 Å². The third kappa shape index (κ3) is 6.71. The predicted molar refractivity (Wildman–Crippen MR) is 152 cm³/mol. The van der Waals surface area contributed by atoms with Crippen molar-refractivity contribution in [3.05, 3.63) is 84.1 Å². The summed E-state index contributed by atoms with van der Waals surface area (Å²) < 4.78 is 48.0. The zero-order valence-corrected chi connectivity index (χ0v) is 23.6. The van der Waals surface area contributed by atoms with Gasteiger partial charge in [-0.3, -0.25) is 14.9 Å². The normalized spacial score (nSPS) is 15.6. The number of nitrogens with one attached hydrogen (secondary N) is 2. The van der Waals surface area contributed by atoms with E-state index in [1.807, 2.05) is 36.9 Å². The number of ether oxygens (including phenoxy) is 1. The van der Waals surface area contributed by atoms with Gasteiger partial charge in [0.1, 0.15) is 17.4 Å². The van der Waals surface area contributed by atoms with Gasteiger partial charge in [-0.15, -0.1) is 0 Å². The highest BCUT2D eigenvalue weighted by Crippen LogP contribution is 2.33. The average Bonchev–Trinajstić information content (AvgIpc) is 3.52. The van der Waals surface area contributed by atoms with Gasteiger partial charge in [0.25, 0.3) is 15.9 Å². The first-order valence-electron chi connectivity index (χ1n) is 13.4. The number of piperidine rings is 1. The Morgan fingerprint density at radius 2 is 2.02 bits per heavy atom. The Labute approximate surface area is 238 Å². The molecule has 214 valence electrons. The van der Waals surface area contributed by atoms with Crippen LogP contribution in [-0.4, -0.2) is 54.2 Å². The van der Waals surface area contributed by atoms with Gasteiger partial charge in [-0.2, -0.15) is 13.5 Å². The molecule has 1 aliphatic heterocycles. The summed E-state index contributed by atoms with van der Waals surface area (Å²) in [7, 11) is -4.19. The minimum atomic E-state index is -4.19. The maximum atomic E-state index is 14.6. The number of halogens is 1. The standard InChI is InChI=1S/C29H31FN6O4S/c1-19(2)18-40-23-15-21(14-22(30)16-23)26-9-8-24(29(37)35-41(38,39)27-10-12-32-34-27)28(33-26)36-13-5-6-20(17-36)25-7-3-4-11-31-25/h3-4,7-12,14-16,19-20H,5-6,13,17-18H2,1-2H3,(H,32,34)(H,35,37). The number of aromatic nitrogens is 4. The highest BCUT2D eigenvalue weighted by atomic mass is 32.2. The van der Waals surface area contributed by atoms with Gasteiger partial charge in [0, 0.05) is 42.5 Å². The van der Waals surface area contributed by atoms with Gasteiger partial charge in [-0.1, -0.05) is 19.9 Å². The summed E-state index contributed by atoms with van der Waals surface area (Å²) in [5, 5.41) is 5.78. The highest BCUT2D eigenvalue weighted by Gasteiger charge is 2.29. The second-order valence-electron chi connectivity index (χ2n) is 10.3. The molecule has 1 aliphatic rings. The number of hydrogen-bond acceptors (Lipinski definition) is 8. The van der Waals surface area contributed by atoms with E-state index in [2.05, 4.69) is 19.9 Å². The smallest absolute Gasteiger partial charge is 0.281 e. The highest BCUT2D eigenvalue weighted by molar-refractivity contribution is 7.90. The number of hydrogen-bond donors (Lipinski definition) is 2. The molecule has 1 aromatic carbocycles. The number of rotatable bonds is 9. The second-order valence-corrected chi connectivity index (χ2v) is 12.0. The van der Waals surface area contributed by atoms with Crippen LogP contribution in [0.4, 0.5) is 10.2 Å². The molecule has 0 spiro atoms. The molecule has 0 aliphatic carbocycles. The van der Waals surface area contributed by atoms with Crippen molar-refractivity contribution in [3.8, 4) is 17.0 Å². The Kier molecular flexibility index (Phi) is 8.29. The first-order chi connectivity index (χ1) is 19.7. The van der Waals surface area contributed by atoms with Crippen LogP contribution in [0, 0.1) is 11.7 Å². The molecular formula is C29H31FN6O4S. The molecule has 5 rings (SSSR count). The number of carbonyl (C=O) groups is 1. The van der Waals surface area contributed by atoms with E-state index in [4.69, 9.17) is 9.72 Å². The molecule has 0 saturated carbocycles. The summed E-state index contributed by atoms with van der Waals surface area (Å²) in [6.07, 6.45) is 4.75. The fraction of sp³-hybridized carbons (Fsp3) is 0.310. The van der Waals surface area contributed by atoms with Crippen molar-refractivity contribution >= 4 is 21.7 Å². The molecular weight excluding hydrogens is 547 g/mol. The van der Waals surface area contributed by atoms with E-state index in [9.17, 15) is 17.6 Å². The number of anilines is 1. The Morgan fingerprint density at radius 3 is 2.76 bits per heavy atom. The molecule has 1 saturated heterocycles. The van der Waals surface area contributed by atoms with E-state index in [0.717, 1.165) is 18.5 Å². The monoisotopic (exact) mass is 578 g/mol. The molecule has 41 heavy (non-hydrogen) atoms. The van der Waals surface area contributed by atoms with Crippen LogP contribution in [0.25, 0.3) is 11.3 Å². The topological polar surface area (TPSA) is 130 Å². The molecule has 1 atom stereocenters. The van der Waals surface area contributed by atoms with E-state index < -0.39 is 21.7 Å². The molecule has 4 aromatic rings. The van der Waals surface area contributed by atoms with Crippen LogP contribution in [0.1, 0.15) is 48.7 Å². The number of carbonyl (C=O) groups excluding carboxylic acids is 1. The molecule has 0 bridgehead atoms. The van der Waals surface area contributed by atoms with Crippen LogP contribution in [-0.2, 0) is 10.0 Å². The van der Waals surface area contributed by atoms with Crippen LogP contribution in [0.15, 0.2) is 72.0 Å². The Balaban J connectivity index is 1.52. The van der Waals surface area contributed by atoms with Gasteiger partial charge >= 0.3 is 0 Å². The zero-order chi connectivity index (χ0) is 29.0. The van der Waals surface area contributed by atoms with Crippen molar-refractivity contribution in [3.63, 3.8) is 0 Å². The van der Waals surface area contributed by atoms with E-state index in [-0.39, 0.29) is 22.4 Å². The largest absolute Gasteiger partial charge is 0.493 e. The molecule has 3 aromatic heterocycles. The fourth-order valence-electron chi connectivity index (χ4n) is 4.74. The van der Waals surface area contributed by atoms with E-state index in [0.29, 0.717) is 42.5 Å². The lowest BCUT2D eigenvalue weighted by Gasteiger charge is -2.34. The molecule has 1 unspecified atom stereocenters. The SMILES string of the molecule is CC(C)COc1cc(F)cc(-c2ccc(C(=O)NS(=O)(=O)c3ccn[nH]3)c(N3CCCC(c4ccccn4)C3)n2)c1. The summed E-state index contributed by atoms with van der Waals surface area (Å²) in [5.74, 6) is -0.301. The van der Waals surface area contributed by atoms with Crippen LogP contribution >= 0.6 is 0 Å². The van der Waals surface area contributed by atoms with Gasteiger partial charge < -0.3 is 9.64 Å². The summed E-state index contributed by atoms with van der Waals surface area (Å²) in [6, 6.07) is 14.5. The first-order valence-corrected chi connectivity index (χ1v) is 14.8. The van der Waals surface area contributed by atoms with Crippen molar-refractivity contribution in [2.45, 2.75) is 37.6 Å². The summed E-state index contributed by atoms with van der Waals surface area (Å²) in [5.41, 5.74) is 1.90. The molecule has 10 nitrogen and oxygen atoms in total. The van der Waals surface area contributed by atoms with E-state index in [1.165, 1.54) is 30.5 Å². The van der Waals surface area contributed by atoms with Crippen molar-refractivity contribution in [1.82, 2.24) is 24.9 Å². The number of nitrogens with zero attached hydrogens (tertiary/aromatic N) is 4. The van der Waals surface area contributed by atoms with Crippen molar-refractivity contribution < 1.29 is 22.3 Å². The van der Waals surface area contributed by atoms with Gasteiger partial charge in [0.15, 0.2) is 5.03 Å². The first kappa shape index (κ1) is 28.2. The minimum Gasteiger partial charge on any atom is -0.493 e. The van der Waals surface area contributed by atoms with E-state index in [1.54, 1.807) is 18.3 Å². The number of sulfonamides is 1. The number of pyridine rings is 2. The molecule has 12 heteroatoms. The van der Waals surface area contributed by atoms with Crippen molar-refractivity contribution in [1.29, 1.82) is 0 Å². The minimum absolute atomic E-state index is 0.0752. The van der Waals surface area contributed by atoms with Crippen LogP contribution in [0.5, 0.6) is 5.75 Å². The van der Waals surface area contributed by atoms with Crippen LogP contribution in [0.3, 0.4) is 0 Å². The van der Waals surface area contributed by atoms with Crippen molar-refractivity contribution in [2.24, 2.45) is 5.92 Å². The van der Waals surface area contributed by atoms with E-state index >= 15 is 0 Å². The number of benzene rings is 1. The molecule has 0 radical (unpaired) electrons. The Bertz CT molecular complexity index is 1610. The third-order valence-electron chi connectivity index (χ3n) is 6.69. The number of aromatic amines is 1. The van der Waals surface area contributed by atoms with Gasteiger partial charge in [-0.05, 0) is 61.2 Å². The summed E-state index contributed by atoms with van der Waals surface area (Å²) >= 11 is 0. The molecule has 1 fully saturated rings. The molecule has 2 N–H and O–H groups in total. The maximum absolute atomic E-state index is 14.6. The van der Waals surface area contributed by atoms with Gasteiger partial charge in [0.2, 0.25) is 0 Å². The zero-order valence-electron chi connectivity index (χ0n) is 22.7. The second kappa shape index (κ2) is 12.0. The number of H-pyrrole nitrogens is 1. The average molecular weight is 579 g/mol. The fourth-order valence-corrected chi connectivity index (χ4v) is 5.61. The third-order valence-corrected chi connectivity index (χ3v) is 7.95. The Morgan fingerprint density at radius 1 is 1.17 bits per heavy atom. The lowest BCUT2D eigenvalue weighted by molar-refractivity contribution is 0.0981. The molecule has 1 amide bonds. The Hall–Kier alpha value is -4.32. The summed E-state index contributed by atoms with van der Waals surface area (Å²) in [4.78, 5) is 24.7. The maximum Gasteiger partial charge on any atom is 0.281 e. The predicted octanol–water partition coefficient (Wildman–Crippen LogP) is 4.54. The summed E-state index contributed by atoms with van der Waals surface area (Å²) in [6.45, 7) is 5.54. The number of amides is 1. The molecule has 4 heterocycles. The van der Waals surface area contributed by atoms with Crippen LogP contribution in [0.2, 0.25) is 0 Å². The van der Waals surface area contributed by atoms with Crippen molar-refractivity contribution in [2.75, 3.05) is 24.6 Å². The lowest BCUT2D eigenvalue weighted by atomic mass is 9.94. The lowest BCUT2D eigenvalue weighted by Crippen LogP contribution is -2.38. The van der Waals surface area contributed by atoms with Crippen LogP contribution < -0.4 is 14.4 Å². The van der Waals surface area contributed by atoms with Gasteiger partial charge in [-0.25, -0.2) is 14.1 Å². The quantitative estimate of drug-likeness (QED) is 0.296.